The molecule has 27 heavy (non-hydrogen) atoms. The minimum Gasteiger partial charge on any atom is -0.346 e. The van der Waals surface area contributed by atoms with E-state index in [0.29, 0.717) is 0 Å². The van der Waals surface area contributed by atoms with Crippen molar-refractivity contribution in [2.24, 2.45) is 0 Å². The number of nitrogens with one attached hydrogen (secondary N) is 1. The Morgan fingerprint density at radius 1 is 0.889 bits per heavy atom. The van der Waals surface area contributed by atoms with E-state index >= 15 is 0 Å². The van der Waals surface area contributed by atoms with Crippen LogP contribution < -0.4 is 0 Å². The summed E-state index contributed by atoms with van der Waals surface area (Å²) < 4.78 is 0. The van der Waals surface area contributed by atoms with E-state index in [9.17, 15) is 0 Å². The molecular formula is C23H24N4. The second-order valence-electron chi connectivity index (χ2n) is 6.91. The number of H-pyrrole nitrogens is 1. The maximum atomic E-state index is 4.43. The highest BCUT2D eigenvalue weighted by atomic mass is 15.1. The first kappa shape index (κ1) is 17.4. The number of pyridine rings is 2. The summed E-state index contributed by atoms with van der Waals surface area (Å²) in [5, 5.41) is 1.21. The fourth-order valence-electron chi connectivity index (χ4n) is 3.53. The molecule has 0 saturated heterocycles. The largest absolute Gasteiger partial charge is 0.346 e. The van der Waals surface area contributed by atoms with Gasteiger partial charge in [-0.3, -0.25) is 9.88 Å². The average molecular weight is 356 g/mol. The fourth-order valence-corrected chi connectivity index (χ4v) is 3.53. The minimum absolute atomic E-state index is 0.939. The van der Waals surface area contributed by atoms with Crippen LogP contribution in [-0.2, 0) is 13.1 Å². The predicted molar refractivity (Wildman–Crippen MR) is 110 cm³/mol. The quantitative estimate of drug-likeness (QED) is 0.531. The summed E-state index contributed by atoms with van der Waals surface area (Å²) in [4.78, 5) is 14.2. The van der Waals surface area contributed by atoms with Crippen molar-refractivity contribution in [3.8, 4) is 11.1 Å². The number of aromatic nitrogens is 3. The van der Waals surface area contributed by atoms with Crippen LogP contribution in [-0.4, -0.2) is 26.4 Å². The van der Waals surface area contributed by atoms with Crippen LogP contribution in [0, 0.1) is 6.92 Å². The monoisotopic (exact) mass is 356 g/mol. The van der Waals surface area contributed by atoms with E-state index in [1.807, 2.05) is 24.8 Å². The van der Waals surface area contributed by atoms with Gasteiger partial charge in [-0.2, -0.15) is 0 Å². The summed E-state index contributed by atoms with van der Waals surface area (Å²) in [6.45, 7) is 7.22. The van der Waals surface area contributed by atoms with Gasteiger partial charge in [0, 0.05) is 43.3 Å². The molecule has 0 aliphatic heterocycles. The van der Waals surface area contributed by atoms with Crippen LogP contribution in [0.15, 0.2) is 67.3 Å². The van der Waals surface area contributed by atoms with Crippen LogP contribution in [0.5, 0.6) is 0 Å². The molecule has 1 N–H and O–H groups in total. The van der Waals surface area contributed by atoms with Crippen molar-refractivity contribution in [2.45, 2.75) is 26.9 Å². The molecule has 0 amide bonds. The number of hydrogen-bond donors (Lipinski definition) is 1. The number of hydrogen-bond acceptors (Lipinski definition) is 3. The zero-order valence-corrected chi connectivity index (χ0v) is 15.8. The molecule has 4 aromatic rings. The molecule has 0 aliphatic rings. The third-order valence-corrected chi connectivity index (χ3v) is 5.04. The summed E-state index contributed by atoms with van der Waals surface area (Å²) in [7, 11) is 0. The van der Waals surface area contributed by atoms with Crippen LogP contribution >= 0.6 is 0 Å². The number of aromatic amines is 1. The molecule has 0 spiro atoms. The van der Waals surface area contributed by atoms with Crippen molar-refractivity contribution in [3.05, 3.63) is 83.9 Å². The Labute approximate surface area is 159 Å². The number of fused-ring (bicyclic) bond motifs is 1. The normalized spacial score (nSPS) is 11.4. The molecule has 3 heterocycles. The number of aryl methyl sites for hydroxylation is 1. The molecule has 0 radical (unpaired) electrons. The van der Waals surface area contributed by atoms with Crippen molar-refractivity contribution in [2.75, 3.05) is 6.54 Å². The minimum atomic E-state index is 0.939. The Bertz CT molecular complexity index is 1020. The predicted octanol–water partition coefficient (Wildman–Crippen LogP) is 4.96. The van der Waals surface area contributed by atoms with E-state index in [1.165, 1.54) is 33.2 Å². The third kappa shape index (κ3) is 3.76. The Morgan fingerprint density at radius 2 is 1.59 bits per heavy atom. The molecule has 3 aromatic heterocycles. The standard InChI is InChI=1S/C23H24N4/c1-3-27(16-19-8-11-24-12-9-19)15-18-4-6-20(7-5-18)21-10-13-25-23-22(21)17(2)14-26-23/h4-14H,3,15-16H2,1-2H3,(H,25,26). The lowest BCUT2D eigenvalue weighted by Crippen LogP contribution is -2.22. The van der Waals surface area contributed by atoms with Crippen LogP contribution in [0.4, 0.5) is 0 Å². The second kappa shape index (κ2) is 7.72. The van der Waals surface area contributed by atoms with Gasteiger partial charge in [0.05, 0.1) is 0 Å². The molecule has 1 aromatic carbocycles. The zero-order chi connectivity index (χ0) is 18.6. The van der Waals surface area contributed by atoms with Crippen LogP contribution in [0.3, 0.4) is 0 Å². The van der Waals surface area contributed by atoms with Crippen molar-refractivity contribution in [1.82, 2.24) is 19.9 Å². The topological polar surface area (TPSA) is 44.8 Å². The van der Waals surface area contributed by atoms with Gasteiger partial charge in [0.25, 0.3) is 0 Å². The van der Waals surface area contributed by atoms with E-state index in [4.69, 9.17) is 0 Å². The molecule has 4 nitrogen and oxygen atoms in total. The SMILES string of the molecule is CCN(Cc1ccncc1)Cc1ccc(-c2ccnc3[nH]cc(C)c23)cc1. The van der Waals surface area contributed by atoms with Gasteiger partial charge in [0.15, 0.2) is 0 Å². The van der Waals surface area contributed by atoms with E-state index in [2.05, 4.69) is 76.2 Å². The molecule has 136 valence electrons. The lowest BCUT2D eigenvalue weighted by molar-refractivity contribution is 0.271. The van der Waals surface area contributed by atoms with Gasteiger partial charge < -0.3 is 4.98 Å². The first-order valence-electron chi connectivity index (χ1n) is 9.38. The Hall–Kier alpha value is -2.98. The van der Waals surface area contributed by atoms with Crippen LogP contribution in [0.2, 0.25) is 0 Å². The van der Waals surface area contributed by atoms with E-state index in [0.717, 1.165) is 25.3 Å². The van der Waals surface area contributed by atoms with E-state index in [1.54, 1.807) is 0 Å². The fraction of sp³-hybridized carbons (Fsp3) is 0.217. The molecule has 0 bridgehead atoms. The highest BCUT2D eigenvalue weighted by Gasteiger charge is 2.10. The first-order chi connectivity index (χ1) is 13.2. The van der Waals surface area contributed by atoms with Crippen LogP contribution in [0.1, 0.15) is 23.6 Å². The summed E-state index contributed by atoms with van der Waals surface area (Å²) in [6, 6.07) is 15.2. The van der Waals surface area contributed by atoms with Gasteiger partial charge >= 0.3 is 0 Å². The molecule has 0 fully saturated rings. The summed E-state index contributed by atoms with van der Waals surface area (Å²) in [5.41, 5.74) is 7.26. The summed E-state index contributed by atoms with van der Waals surface area (Å²) in [5.74, 6) is 0. The third-order valence-electron chi connectivity index (χ3n) is 5.04. The van der Waals surface area contributed by atoms with Gasteiger partial charge in [-0.05, 0) is 59.5 Å². The number of benzene rings is 1. The summed E-state index contributed by atoms with van der Waals surface area (Å²) in [6.07, 6.45) is 7.61. The lowest BCUT2D eigenvalue weighted by Gasteiger charge is -2.20. The molecule has 4 rings (SSSR count). The molecule has 0 unspecified atom stereocenters. The molecule has 4 heteroatoms. The van der Waals surface area contributed by atoms with Gasteiger partial charge in [-0.15, -0.1) is 0 Å². The highest BCUT2D eigenvalue weighted by molar-refractivity contribution is 5.95. The van der Waals surface area contributed by atoms with E-state index < -0.39 is 0 Å². The van der Waals surface area contributed by atoms with Crippen molar-refractivity contribution < 1.29 is 0 Å². The molecular weight excluding hydrogens is 332 g/mol. The molecule has 0 saturated carbocycles. The first-order valence-corrected chi connectivity index (χ1v) is 9.38. The van der Waals surface area contributed by atoms with Crippen molar-refractivity contribution >= 4 is 11.0 Å². The smallest absolute Gasteiger partial charge is 0.138 e. The van der Waals surface area contributed by atoms with Gasteiger partial charge in [0.1, 0.15) is 5.65 Å². The Balaban J connectivity index is 1.54. The highest BCUT2D eigenvalue weighted by Crippen LogP contribution is 2.29. The van der Waals surface area contributed by atoms with Crippen LogP contribution in [0.25, 0.3) is 22.2 Å². The molecule has 0 aliphatic carbocycles. The molecule has 0 atom stereocenters. The second-order valence-corrected chi connectivity index (χ2v) is 6.91. The van der Waals surface area contributed by atoms with Gasteiger partial charge in [-0.25, -0.2) is 4.98 Å². The van der Waals surface area contributed by atoms with Crippen molar-refractivity contribution in [1.29, 1.82) is 0 Å². The maximum Gasteiger partial charge on any atom is 0.138 e. The summed E-state index contributed by atoms with van der Waals surface area (Å²) >= 11 is 0. The Kier molecular flexibility index (Phi) is 4.99. The van der Waals surface area contributed by atoms with Crippen molar-refractivity contribution in [3.63, 3.8) is 0 Å². The number of rotatable bonds is 6. The lowest BCUT2D eigenvalue weighted by atomic mass is 10.0. The van der Waals surface area contributed by atoms with Gasteiger partial charge in [-0.1, -0.05) is 31.2 Å². The average Bonchev–Trinajstić information content (AvgIpc) is 3.10. The number of nitrogens with zero attached hydrogens (tertiary/aromatic N) is 3. The zero-order valence-electron chi connectivity index (χ0n) is 15.8. The maximum absolute atomic E-state index is 4.43. The van der Waals surface area contributed by atoms with E-state index in [-0.39, 0.29) is 0 Å². The van der Waals surface area contributed by atoms with Gasteiger partial charge in [0.2, 0.25) is 0 Å². The Morgan fingerprint density at radius 3 is 2.30 bits per heavy atom.